The predicted molar refractivity (Wildman–Crippen MR) is 33.4 cm³/mol. The minimum atomic E-state index is -1.44. The summed E-state index contributed by atoms with van der Waals surface area (Å²) in [4.78, 5) is 14.5. The van der Waals surface area contributed by atoms with Crippen molar-refractivity contribution in [3.63, 3.8) is 0 Å². The Balaban J connectivity index is 2.81. The lowest BCUT2D eigenvalue weighted by Crippen LogP contribution is -2.42. The minimum absolute atomic E-state index is 0.405. The Kier molecular flexibility index (Phi) is 1.69. The number of aliphatic imine (C=N–C) groups is 1. The van der Waals surface area contributed by atoms with E-state index in [0.717, 1.165) is 0 Å². The normalized spacial score (nSPS) is 21.2. The van der Waals surface area contributed by atoms with Crippen LogP contribution in [0.5, 0.6) is 0 Å². The van der Waals surface area contributed by atoms with Crippen molar-refractivity contribution in [3.05, 3.63) is 0 Å². The summed E-state index contributed by atoms with van der Waals surface area (Å²) in [5.41, 5.74) is 0. The molecule has 56 valence electrons. The lowest BCUT2D eigenvalue weighted by atomic mass is 10.5. The van der Waals surface area contributed by atoms with Crippen LogP contribution < -0.4 is 5.32 Å². The Labute approximate surface area is 58.0 Å². The van der Waals surface area contributed by atoms with Gasteiger partial charge in [0.15, 0.2) is 0 Å². The number of carbonyl (C=O) groups is 1. The lowest BCUT2D eigenvalue weighted by molar-refractivity contribution is -0.200. The van der Waals surface area contributed by atoms with E-state index in [1.165, 1.54) is 20.6 Å². The highest BCUT2D eigenvalue weighted by Crippen LogP contribution is 2.15. The quantitative estimate of drug-likeness (QED) is 0.510. The van der Waals surface area contributed by atoms with Gasteiger partial charge in [0.1, 0.15) is 0 Å². The maximum atomic E-state index is 10.9. The van der Waals surface area contributed by atoms with Crippen LogP contribution in [-0.4, -0.2) is 32.4 Å². The Hall–Kier alpha value is -0.940. The zero-order chi connectivity index (χ0) is 7.61. The highest BCUT2D eigenvalue weighted by atomic mass is 16.7. The molecule has 1 N–H and O–H groups in total. The second-order valence-electron chi connectivity index (χ2n) is 1.72. The number of nitrogens with zero attached hydrogens (tertiary/aromatic N) is 1. The molecule has 0 aromatic heterocycles. The van der Waals surface area contributed by atoms with Crippen LogP contribution in [0.2, 0.25) is 0 Å². The van der Waals surface area contributed by atoms with E-state index in [4.69, 9.17) is 9.47 Å². The molecule has 0 aromatic rings. The van der Waals surface area contributed by atoms with Crippen LogP contribution in [-0.2, 0) is 14.3 Å². The molecule has 0 saturated heterocycles. The molecular weight excluding hydrogens is 136 g/mol. The topological polar surface area (TPSA) is 59.9 Å². The van der Waals surface area contributed by atoms with Gasteiger partial charge in [0.05, 0.1) is 6.34 Å². The van der Waals surface area contributed by atoms with Crippen molar-refractivity contribution in [2.75, 3.05) is 14.2 Å². The van der Waals surface area contributed by atoms with Crippen LogP contribution in [0.4, 0.5) is 0 Å². The molecule has 0 fully saturated rings. The molecule has 5 heteroatoms. The van der Waals surface area contributed by atoms with Crippen LogP contribution in [0.15, 0.2) is 4.99 Å². The second-order valence-corrected chi connectivity index (χ2v) is 1.72. The Bertz CT molecular complexity index is 174. The van der Waals surface area contributed by atoms with Gasteiger partial charge in [-0.25, -0.2) is 4.99 Å². The highest BCUT2D eigenvalue weighted by Gasteiger charge is 2.41. The summed E-state index contributed by atoms with van der Waals surface area (Å²) in [6.45, 7) is 0. The van der Waals surface area contributed by atoms with Gasteiger partial charge < -0.3 is 14.8 Å². The van der Waals surface area contributed by atoms with Crippen molar-refractivity contribution in [2.45, 2.75) is 5.91 Å². The first-order valence-electron chi connectivity index (χ1n) is 2.70. The van der Waals surface area contributed by atoms with E-state index in [2.05, 4.69) is 10.3 Å². The molecule has 1 amide bonds. The Morgan fingerprint density at radius 3 is 2.40 bits per heavy atom. The van der Waals surface area contributed by atoms with Gasteiger partial charge in [0, 0.05) is 14.2 Å². The molecule has 5 nitrogen and oxygen atoms in total. The average molecular weight is 144 g/mol. The first-order valence-corrected chi connectivity index (χ1v) is 2.70. The summed E-state index contributed by atoms with van der Waals surface area (Å²) in [5.74, 6) is -1.85. The number of rotatable bonds is 2. The number of carbonyl (C=O) groups excluding carboxylic acids is 1. The molecule has 10 heavy (non-hydrogen) atoms. The Morgan fingerprint density at radius 1 is 1.60 bits per heavy atom. The molecule has 1 heterocycles. The summed E-state index contributed by atoms with van der Waals surface area (Å²) >= 11 is 0. The van der Waals surface area contributed by atoms with E-state index in [0.29, 0.717) is 0 Å². The van der Waals surface area contributed by atoms with E-state index < -0.39 is 11.8 Å². The first kappa shape index (κ1) is 7.17. The third-order valence-corrected chi connectivity index (χ3v) is 1.27. The van der Waals surface area contributed by atoms with Crippen LogP contribution >= 0.6 is 0 Å². The second kappa shape index (κ2) is 2.36. The Morgan fingerprint density at radius 2 is 2.20 bits per heavy atom. The largest absolute Gasteiger partial charge is 0.354 e. The smallest absolute Gasteiger partial charge is 0.327 e. The van der Waals surface area contributed by atoms with Crippen molar-refractivity contribution < 1.29 is 14.3 Å². The maximum Gasteiger partial charge on any atom is 0.354 e. The zero-order valence-corrected chi connectivity index (χ0v) is 5.75. The van der Waals surface area contributed by atoms with E-state index in [1.807, 2.05) is 0 Å². The third kappa shape index (κ3) is 0.795. The molecule has 1 rings (SSSR count). The van der Waals surface area contributed by atoms with E-state index in [9.17, 15) is 4.79 Å². The van der Waals surface area contributed by atoms with Gasteiger partial charge in [0.2, 0.25) is 0 Å². The SMILES string of the molecule is COC1(OC)N=CNC1=O. The van der Waals surface area contributed by atoms with Crippen molar-refractivity contribution in [2.24, 2.45) is 4.99 Å². The van der Waals surface area contributed by atoms with E-state index in [-0.39, 0.29) is 0 Å². The molecule has 0 saturated carbocycles. The molecule has 1 aliphatic rings. The molecule has 0 radical (unpaired) electrons. The fraction of sp³-hybridized carbons (Fsp3) is 0.600. The number of amides is 1. The monoisotopic (exact) mass is 144 g/mol. The number of hydrogen-bond acceptors (Lipinski definition) is 4. The van der Waals surface area contributed by atoms with E-state index >= 15 is 0 Å². The molecule has 0 aromatic carbocycles. The lowest BCUT2D eigenvalue weighted by Gasteiger charge is -2.18. The molecule has 0 unspecified atom stereocenters. The fourth-order valence-corrected chi connectivity index (χ4v) is 0.700. The third-order valence-electron chi connectivity index (χ3n) is 1.27. The zero-order valence-electron chi connectivity index (χ0n) is 5.75. The van der Waals surface area contributed by atoms with Gasteiger partial charge in [-0.2, -0.15) is 0 Å². The summed E-state index contributed by atoms with van der Waals surface area (Å²) in [5, 5.41) is 2.33. The summed E-state index contributed by atoms with van der Waals surface area (Å²) in [6, 6.07) is 0. The van der Waals surface area contributed by atoms with Crippen LogP contribution in [0, 0.1) is 0 Å². The van der Waals surface area contributed by atoms with Gasteiger partial charge in [-0.05, 0) is 0 Å². The van der Waals surface area contributed by atoms with Gasteiger partial charge >= 0.3 is 11.8 Å². The van der Waals surface area contributed by atoms with Crippen LogP contribution in [0.25, 0.3) is 0 Å². The standard InChI is InChI=1S/C5H8N2O3/c1-9-5(10-2)4(8)6-3-7-5/h3H,1-2H3,(H,6,7,8). The van der Waals surface area contributed by atoms with Crippen molar-refractivity contribution >= 4 is 12.2 Å². The maximum absolute atomic E-state index is 10.9. The van der Waals surface area contributed by atoms with Crippen molar-refractivity contribution in [3.8, 4) is 0 Å². The molecule has 0 spiro atoms. The minimum Gasteiger partial charge on any atom is -0.327 e. The van der Waals surface area contributed by atoms with Gasteiger partial charge in [-0.3, -0.25) is 4.79 Å². The first-order chi connectivity index (χ1) is 4.75. The highest BCUT2D eigenvalue weighted by molar-refractivity contribution is 5.97. The fourth-order valence-electron chi connectivity index (χ4n) is 0.700. The molecule has 0 bridgehead atoms. The summed E-state index contributed by atoms with van der Waals surface area (Å²) < 4.78 is 9.46. The molecule has 0 aliphatic carbocycles. The molecular formula is C5H8N2O3. The van der Waals surface area contributed by atoms with Gasteiger partial charge in [0.25, 0.3) is 0 Å². The molecule has 0 atom stereocenters. The number of hydrogen-bond donors (Lipinski definition) is 1. The summed E-state index contributed by atoms with van der Waals surface area (Å²) in [7, 11) is 2.71. The van der Waals surface area contributed by atoms with E-state index in [1.54, 1.807) is 0 Å². The van der Waals surface area contributed by atoms with Crippen molar-refractivity contribution in [1.82, 2.24) is 5.32 Å². The van der Waals surface area contributed by atoms with Crippen LogP contribution in [0.1, 0.15) is 0 Å². The number of ether oxygens (including phenoxy) is 2. The predicted octanol–water partition coefficient (Wildman–Crippen LogP) is -0.909. The number of methoxy groups -OCH3 is 2. The van der Waals surface area contributed by atoms with Gasteiger partial charge in [-0.1, -0.05) is 0 Å². The van der Waals surface area contributed by atoms with Gasteiger partial charge in [-0.15, -0.1) is 0 Å². The van der Waals surface area contributed by atoms with Crippen LogP contribution in [0.3, 0.4) is 0 Å². The molecule has 1 aliphatic heterocycles. The van der Waals surface area contributed by atoms with Crippen molar-refractivity contribution in [1.29, 1.82) is 0 Å². The average Bonchev–Trinajstić information content (AvgIpc) is 2.32. The summed E-state index contributed by atoms with van der Waals surface area (Å²) in [6.07, 6.45) is 1.25. The number of nitrogens with one attached hydrogen (secondary N) is 1.